The predicted octanol–water partition coefficient (Wildman–Crippen LogP) is 3.42. The second-order valence-corrected chi connectivity index (χ2v) is 6.04. The Morgan fingerprint density at radius 1 is 1.24 bits per heavy atom. The largest absolute Gasteiger partial charge is 0.490 e. The first-order valence-electron chi connectivity index (χ1n) is 8.42. The van der Waals surface area contributed by atoms with E-state index in [0.717, 1.165) is 23.5 Å². The Kier molecular flexibility index (Phi) is 5.38. The maximum Gasteiger partial charge on any atom is 0.342 e. The van der Waals surface area contributed by atoms with Gasteiger partial charge in [-0.25, -0.2) is 9.78 Å². The number of nitrogens with zero attached hydrogens (tertiary/aromatic N) is 1. The van der Waals surface area contributed by atoms with Crippen LogP contribution in [-0.2, 0) is 11.3 Å². The highest BCUT2D eigenvalue weighted by molar-refractivity contribution is 5.94. The van der Waals surface area contributed by atoms with E-state index in [0.29, 0.717) is 31.1 Å². The molecule has 1 aliphatic heterocycles. The fraction of sp³-hybridized carbons (Fsp3) is 0.368. The van der Waals surface area contributed by atoms with Crippen LogP contribution in [0.4, 0.5) is 5.82 Å². The van der Waals surface area contributed by atoms with Crippen LogP contribution in [-0.4, -0.2) is 30.3 Å². The van der Waals surface area contributed by atoms with Gasteiger partial charge in [0.15, 0.2) is 11.5 Å². The second kappa shape index (κ2) is 7.88. The Balaban J connectivity index is 1.72. The van der Waals surface area contributed by atoms with Crippen molar-refractivity contribution in [3.8, 4) is 11.5 Å². The number of esters is 1. The van der Waals surface area contributed by atoms with E-state index in [1.807, 2.05) is 32.0 Å². The molecule has 1 N–H and O–H groups in total. The SMILES string of the molecule is CC(C)OC(=O)c1cccnc1NCc1ccc2c(c1)OCCCO2. The lowest BCUT2D eigenvalue weighted by atomic mass is 10.2. The lowest BCUT2D eigenvalue weighted by molar-refractivity contribution is 0.0378. The van der Waals surface area contributed by atoms with Gasteiger partial charge in [0.25, 0.3) is 0 Å². The predicted molar refractivity (Wildman–Crippen MR) is 94.2 cm³/mol. The molecule has 1 aromatic heterocycles. The molecule has 0 radical (unpaired) electrons. The molecule has 6 nitrogen and oxygen atoms in total. The number of ether oxygens (including phenoxy) is 3. The van der Waals surface area contributed by atoms with Crippen molar-refractivity contribution in [2.75, 3.05) is 18.5 Å². The third-order valence-electron chi connectivity index (χ3n) is 3.64. The first-order valence-corrected chi connectivity index (χ1v) is 8.42. The first kappa shape index (κ1) is 17.1. The van der Waals surface area contributed by atoms with E-state index in [1.165, 1.54) is 0 Å². The van der Waals surface area contributed by atoms with Crippen molar-refractivity contribution in [3.63, 3.8) is 0 Å². The van der Waals surface area contributed by atoms with Gasteiger partial charge in [0.1, 0.15) is 11.4 Å². The van der Waals surface area contributed by atoms with Crippen molar-refractivity contribution in [1.29, 1.82) is 0 Å². The van der Waals surface area contributed by atoms with Crippen molar-refractivity contribution in [2.24, 2.45) is 0 Å². The highest BCUT2D eigenvalue weighted by atomic mass is 16.5. The van der Waals surface area contributed by atoms with Crippen molar-refractivity contribution >= 4 is 11.8 Å². The molecular weight excluding hydrogens is 320 g/mol. The molecule has 6 heteroatoms. The molecule has 0 saturated carbocycles. The van der Waals surface area contributed by atoms with Crippen LogP contribution < -0.4 is 14.8 Å². The molecule has 2 aromatic rings. The summed E-state index contributed by atoms with van der Waals surface area (Å²) in [6.45, 7) is 5.46. The molecule has 3 rings (SSSR count). The van der Waals surface area contributed by atoms with E-state index in [1.54, 1.807) is 18.3 Å². The monoisotopic (exact) mass is 342 g/mol. The molecule has 0 saturated heterocycles. The lowest BCUT2D eigenvalue weighted by Crippen LogP contribution is -2.15. The maximum atomic E-state index is 12.2. The lowest BCUT2D eigenvalue weighted by Gasteiger charge is -2.13. The summed E-state index contributed by atoms with van der Waals surface area (Å²) in [4.78, 5) is 16.4. The highest BCUT2D eigenvalue weighted by Gasteiger charge is 2.15. The van der Waals surface area contributed by atoms with E-state index < -0.39 is 0 Å². The summed E-state index contributed by atoms with van der Waals surface area (Å²) in [7, 11) is 0. The molecule has 1 aliphatic rings. The number of rotatable bonds is 5. The number of benzene rings is 1. The van der Waals surface area contributed by atoms with Gasteiger partial charge in [-0.1, -0.05) is 6.07 Å². The van der Waals surface area contributed by atoms with Gasteiger partial charge in [0.05, 0.1) is 19.3 Å². The zero-order valence-corrected chi connectivity index (χ0v) is 14.5. The molecule has 132 valence electrons. The summed E-state index contributed by atoms with van der Waals surface area (Å²) in [5.41, 5.74) is 1.43. The summed E-state index contributed by atoms with van der Waals surface area (Å²) in [6.07, 6.45) is 2.34. The summed E-state index contributed by atoms with van der Waals surface area (Å²) in [5, 5.41) is 3.20. The van der Waals surface area contributed by atoms with Crippen molar-refractivity contribution in [3.05, 3.63) is 47.7 Å². The van der Waals surface area contributed by atoms with Crippen LogP contribution in [0, 0.1) is 0 Å². The van der Waals surface area contributed by atoms with Crippen LogP contribution in [0.25, 0.3) is 0 Å². The molecule has 0 fully saturated rings. The molecular formula is C19H22N2O4. The van der Waals surface area contributed by atoms with Gasteiger partial charge in [-0.2, -0.15) is 0 Å². The third kappa shape index (κ3) is 4.41. The molecule has 0 spiro atoms. The number of hydrogen-bond acceptors (Lipinski definition) is 6. The fourth-order valence-corrected chi connectivity index (χ4v) is 2.49. The van der Waals surface area contributed by atoms with E-state index in [9.17, 15) is 4.79 Å². The Labute approximate surface area is 147 Å². The van der Waals surface area contributed by atoms with Crippen molar-refractivity contribution in [1.82, 2.24) is 4.98 Å². The van der Waals surface area contributed by atoms with Gasteiger partial charge in [-0.15, -0.1) is 0 Å². The summed E-state index contributed by atoms with van der Waals surface area (Å²) < 4.78 is 16.6. The third-order valence-corrected chi connectivity index (χ3v) is 3.64. The second-order valence-electron chi connectivity index (χ2n) is 6.04. The number of carbonyl (C=O) groups is 1. The van der Waals surface area contributed by atoms with Gasteiger partial charge in [-0.3, -0.25) is 0 Å². The van der Waals surface area contributed by atoms with E-state index in [4.69, 9.17) is 14.2 Å². The molecule has 25 heavy (non-hydrogen) atoms. The van der Waals surface area contributed by atoms with Crippen LogP contribution >= 0.6 is 0 Å². The fourth-order valence-electron chi connectivity index (χ4n) is 2.49. The molecule has 0 bridgehead atoms. The summed E-state index contributed by atoms with van der Waals surface area (Å²) >= 11 is 0. The van der Waals surface area contributed by atoms with E-state index >= 15 is 0 Å². The number of fused-ring (bicyclic) bond motifs is 1. The van der Waals surface area contributed by atoms with Gasteiger partial charge in [0, 0.05) is 19.2 Å². The van der Waals surface area contributed by atoms with Gasteiger partial charge in [-0.05, 0) is 43.7 Å². The van der Waals surface area contributed by atoms with Crippen LogP contribution in [0.2, 0.25) is 0 Å². The first-order chi connectivity index (χ1) is 12.1. The molecule has 1 aromatic carbocycles. The molecule has 0 aliphatic carbocycles. The minimum atomic E-state index is -0.385. The van der Waals surface area contributed by atoms with Crippen molar-refractivity contribution < 1.29 is 19.0 Å². The average Bonchev–Trinajstić information content (AvgIpc) is 2.84. The standard InChI is InChI=1S/C19H22N2O4/c1-13(2)25-19(22)15-5-3-8-20-18(15)21-12-14-6-7-16-17(11-14)24-10-4-9-23-16/h3,5-8,11,13H,4,9-10,12H2,1-2H3,(H,20,21). The molecule has 0 unspecified atom stereocenters. The topological polar surface area (TPSA) is 69.7 Å². The minimum absolute atomic E-state index is 0.178. The number of anilines is 1. The zero-order chi connectivity index (χ0) is 17.6. The van der Waals surface area contributed by atoms with E-state index in [2.05, 4.69) is 10.3 Å². The van der Waals surface area contributed by atoms with Gasteiger partial charge in [0.2, 0.25) is 0 Å². The molecule has 0 atom stereocenters. The minimum Gasteiger partial charge on any atom is -0.490 e. The molecule has 0 amide bonds. The number of nitrogens with one attached hydrogen (secondary N) is 1. The number of pyridine rings is 1. The highest BCUT2D eigenvalue weighted by Crippen LogP contribution is 2.30. The Bertz CT molecular complexity index is 746. The Hall–Kier alpha value is -2.76. The van der Waals surface area contributed by atoms with E-state index in [-0.39, 0.29) is 12.1 Å². The van der Waals surface area contributed by atoms with Crippen LogP contribution in [0.1, 0.15) is 36.2 Å². The number of carbonyl (C=O) groups excluding carboxylic acids is 1. The van der Waals surface area contributed by atoms with Gasteiger partial charge < -0.3 is 19.5 Å². The normalized spacial score (nSPS) is 13.2. The van der Waals surface area contributed by atoms with Crippen LogP contribution in [0.5, 0.6) is 11.5 Å². The maximum absolute atomic E-state index is 12.2. The molecule has 2 heterocycles. The van der Waals surface area contributed by atoms with Gasteiger partial charge >= 0.3 is 5.97 Å². The van der Waals surface area contributed by atoms with Crippen molar-refractivity contribution in [2.45, 2.75) is 32.9 Å². The van der Waals surface area contributed by atoms with Crippen LogP contribution in [0.15, 0.2) is 36.5 Å². The zero-order valence-electron chi connectivity index (χ0n) is 14.5. The average molecular weight is 342 g/mol. The number of hydrogen-bond donors (Lipinski definition) is 1. The summed E-state index contributed by atoms with van der Waals surface area (Å²) in [5.74, 6) is 1.63. The number of aromatic nitrogens is 1. The smallest absolute Gasteiger partial charge is 0.342 e. The quantitative estimate of drug-likeness (QED) is 0.840. The van der Waals surface area contributed by atoms with Crippen LogP contribution in [0.3, 0.4) is 0 Å². The Morgan fingerprint density at radius 2 is 2.04 bits per heavy atom. The Morgan fingerprint density at radius 3 is 2.84 bits per heavy atom. The summed E-state index contributed by atoms with van der Waals surface area (Å²) in [6, 6.07) is 9.24.